The SMILES string of the molecule is N=S(=O)(c1ccc(-c2cnc3c(c2)C(=O)NCC3)cc1)C1CCC(Nc2ccc(C(F)(F)F)cn2)CC1. The van der Waals surface area contributed by atoms with Crippen molar-refractivity contribution in [2.75, 3.05) is 11.9 Å². The second-order valence-electron chi connectivity index (χ2n) is 9.40. The molecule has 0 bridgehead atoms. The van der Waals surface area contributed by atoms with Crippen LogP contribution in [0.2, 0.25) is 0 Å². The second-order valence-corrected chi connectivity index (χ2v) is 11.7. The summed E-state index contributed by atoms with van der Waals surface area (Å²) in [5.41, 5.74) is 2.15. The lowest BCUT2D eigenvalue weighted by Gasteiger charge is -2.30. The lowest BCUT2D eigenvalue weighted by atomic mass is 9.95. The molecule has 3 heterocycles. The molecule has 7 nitrogen and oxygen atoms in total. The van der Waals surface area contributed by atoms with Gasteiger partial charge in [0.2, 0.25) is 0 Å². The van der Waals surface area contributed by atoms with Crippen LogP contribution in [0.15, 0.2) is 59.8 Å². The highest BCUT2D eigenvalue weighted by atomic mass is 32.2. The predicted octanol–water partition coefficient (Wildman–Crippen LogP) is 5.28. The van der Waals surface area contributed by atoms with Crippen molar-refractivity contribution in [3.8, 4) is 11.1 Å². The van der Waals surface area contributed by atoms with Crippen LogP contribution in [-0.2, 0) is 22.3 Å². The number of halogens is 3. The monoisotopic (exact) mass is 529 g/mol. The van der Waals surface area contributed by atoms with Gasteiger partial charge in [0.15, 0.2) is 0 Å². The number of anilines is 1. The van der Waals surface area contributed by atoms with Crippen LogP contribution < -0.4 is 10.6 Å². The molecule has 0 spiro atoms. The van der Waals surface area contributed by atoms with Crippen LogP contribution in [0.4, 0.5) is 19.0 Å². The van der Waals surface area contributed by atoms with Crippen LogP contribution in [0.5, 0.6) is 0 Å². The summed E-state index contributed by atoms with van der Waals surface area (Å²) in [4.78, 5) is 20.9. The second kappa shape index (κ2) is 9.77. The Morgan fingerprint density at radius 2 is 1.70 bits per heavy atom. The third kappa shape index (κ3) is 5.31. The molecule has 1 aromatic carbocycles. The van der Waals surface area contributed by atoms with Crippen molar-refractivity contribution in [2.45, 2.75) is 54.5 Å². The molecule has 2 aliphatic rings. The summed E-state index contributed by atoms with van der Waals surface area (Å²) in [6, 6.07) is 11.1. The minimum atomic E-state index is -4.43. The molecule has 2 aromatic heterocycles. The molecule has 11 heteroatoms. The smallest absolute Gasteiger partial charge is 0.367 e. The summed E-state index contributed by atoms with van der Waals surface area (Å²) < 4.78 is 60.4. The summed E-state index contributed by atoms with van der Waals surface area (Å²) in [6.07, 6.45) is 1.21. The Bertz CT molecular complexity index is 1400. The van der Waals surface area contributed by atoms with Gasteiger partial charge in [-0.3, -0.25) is 9.78 Å². The van der Waals surface area contributed by atoms with Gasteiger partial charge in [0.1, 0.15) is 5.82 Å². The van der Waals surface area contributed by atoms with E-state index >= 15 is 0 Å². The molecule has 5 rings (SSSR count). The van der Waals surface area contributed by atoms with Gasteiger partial charge >= 0.3 is 6.18 Å². The number of fused-ring (bicyclic) bond motifs is 1. The summed E-state index contributed by atoms with van der Waals surface area (Å²) in [5, 5.41) is 5.66. The first-order valence-electron chi connectivity index (χ1n) is 12.1. The molecule has 3 aromatic rings. The van der Waals surface area contributed by atoms with Crippen LogP contribution in [0, 0.1) is 4.78 Å². The molecule has 194 valence electrons. The molecule has 37 heavy (non-hydrogen) atoms. The number of hydrogen-bond donors (Lipinski definition) is 3. The van der Waals surface area contributed by atoms with E-state index in [1.54, 1.807) is 30.5 Å². The van der Waals surface area contributed by atoms with Crippen molar-refractivity contribution in [3.05, 3.63) is 71.7 Å². The summed E-state index contributed by atoms with van der Waals surface area (Å²) >= 11 is 0. The summed E-state index contributed by atoms with van der Waals surface area (Å²) in [6.45, 7) is 0.578. The average Bonchev–Trinajstić information content (AvgIpc) is 2.89. The predicted molar refractivity (Wildman–Crippen MR) is 134 cm³/mol. The maximum Gasteiger partial charge on any atom is 0.417 e. The van der Waals surface area contributed by atoms with Gasteiger partial charge in [-0.15, -0.1) is 0 Å². The molecule has 1 unspecified atom stereocenters. The molecule has 1 atom stereocenters. The maximum atomic E-state index is 13.5. The highest BCUT2D eigenvalue weighted by molar-refractivity contribution is 7.93. The van der Waals surface area contributed by atoms with Crippen molar-refractivity contribution in [2.24, 2.45) is 0 Å². The Kier molecular flexibility index (Phi) is 6.65. The number of carbonyl (C=O) groups excluding carboxylic acids is 1. The van der Waals surface area contributed by atoms with Gasteiger partial charge in [0.25, 0.3) is 5.91 Å². The highest BCUT2D eigenvalue weighted by Gasteiger charge is 2.32. The molecule has 1 aliphatic carbocycles. The van der Waals surface area contributed by atoms with E-state index in [2.05, 4.69) is 20.6 Å². The fraction of sp³-hybridized carbons (Fsp3) is 0.346. The molecule has 0 saturated heterocycles. The van der Waals surface area contributed by atoms with Gasteiger partial charge < -0.3 is 10.6 Å². The number of carbonyl (C=O) groups is 1. The third-order valence-corrected chi connectivity index (χ3v) is 9.37. The van der Waals surface area contributed by atoms with Gasteiger partial charge in [0.05, 0.1) is 26.5 Å². The fourth-order valence-electron chi connectivity index (χ4n) is 4.87. The zero-order chi connectivity index (χ0) is 26.2. The van der Waals surface area contributed by atoms with Crippen molar-refractivity contribution in [3.63, 3.8) is 0 Å². The Labute approximate surface area is 212 Å². The lowest BCUT2D eigenvalue weighted by molar-refractivity contribution is -0.137. The number of nitrogens with zero attached hydrogens (tertiary/aromatic N) is 2. The van der Waals surface area contributed by atoms with Crippen LogP contribution >= 0.6 is 0 Å². The van der Waals surface area contributed by atoms with Crippen molar-refractivity contribution in [1.29, 1.82) is 4.78 Å². The Morgan fingerprint density at radius 3 is 2.35 bits per heavy atom. The molecule has 1 aliphatic heterocycles. The topological polar surface area (TPSA) is 108 Å². The number of amides is 1. The zero-order valence-corrected chi connectivity index (χ0v) is 20.7. The van der Waals surface area contributed by atoms with Crippen LogP contribution in [-0.4, -0.2) is 37.9 Å². The molecule has 0 radical (unpaired) electrons. The van der Waals surface area contributed by atoms with Crippen molar-refractivity contribution < 1.29 is 22.2 Å². The van der Waals surface area contributed by atoms with Crippen LogP contribution in [0.25, 0.3) is 11.1 Å². The largest absolute Gasteiger partial charge is 0.417 e. The first-order valence-corrected chi connectivity index (χ1v) is 13.7. The number of nitrogens with one attached hydrogen (secondary N) is 3. The van der Waals surface area contributed by atoms with E-state index in [0.717, 1.165) is 29.1 Å². The Morgan fingerprint density at radius 1 is 0.973 bits per heavy atom. The number of alkyl halides is 3. The van der Waals surface area contributed by atoms with Gasteiger partial charge in [0, 0.05) is 47.1 Å². The number of rotatable bonds is 5. The summed E-state index contributed by atoms with van der Waals surface area (Å²) in [7, 11) is -3.05. The van der Waals surface area contributed by atoms with Gasteiger partial charge in [-0.1, -0.05) is 12.1 Å². The third-order valence-electron chi connectivity index (χ3n) is 6.99. The fourth-order valence-corrected chi connectivity index (χ4v) is 6.73. The van der Waals surface area contributed by atoms with E-state index in [-0.39, 0.29) is 17.2 Å². The van der Waals surface area contributed by atoms with Gasteiger partial charge in [-0.05, 0) is 61.6 Å². The van der Waals surface area contributed by atoms with E-state index in [9.17, 15) is 22.2 Å². The molecule has 1 fully saturated rings. The minimum Gasteiger partial charge on any atom is -0.367 e. The normalized spacial score (nSPS) is 21.4. The molecular weight excluding hydrogens is 503 g/mol. The molecular formula is C26H26F3N5O2S. The van der Waals surface area contributed by atoms with E-state index < -0.39 is 21.5 Å². The van der Waals surface area contributed by atoms with Crippen molar-refractivity contribution in [1.82, 2.24) is 15.3 Å². The van der Waals surface area contributed by atoms with Crippen LogP contribution in [0.3, 0.4) is 0 Å². The number of aromatic nitrogens is 2. The number of pyridine rings is 2. The van der Waals surface area contributed by atoms with Gasteiger partial charge in [-0.25, -0.2) is 14.0 Å². The summed E-state index contributed by atoms with van der Waals surface area (Å²) in [5.74, 6) is 0.230. The molecule has 3 N–H and O–H groups in total. The van der Waals surface area contributed by atoms with Crippen molar-refractivity contribution >= 4 is 21.5 Å². The quantitative estimate of drug-likeness (QED) is 0.417. The van der Waals surface area contributed by atoms with E-state index in [1.165, 1.54) is 6.07 Å². The van der Waals surface area contributed by atoms with Crippen LogP contribution in [0.1, 0.15) is 47.3 Å². The minimum absolute atomic E-state index is 0.00762. The standard InChI is InChI=1S/C26H26F3N5O2S/c27-26(28,29)18-3-10-24(33-15-18)34-19-4-8-21(9-5-19)37(30,36)20-6-1-16(2-7-20)17-13-22-23(32-14-17)11-12-31-25(22)35/h1-3,6-7,10,13-15,19,21,30H,4-5,8-9,11-12H2,(H,31,35)(H,33,34). The highest BCUT2D eigenvalue weighted by Crippen LogP contribution is 2.33. The van der Waals surface area contributed by atoms with E-state index in [0.29, 0.717) is 54.9 Å². The van der Waals surface area contributed by atoms with Gasteiger partial charge in [-0.2, -0.15) is 13.2 Å². The molecule has 1 saturated carbocycles. The maximum absolute atomic E-state index is 13.5. The number of benzene rings is 1. The number of hydrogen-bond acceptors (Lipinski definition) is 6. The first kappa shape index (κ1) is 25.2. The van der Waals surface area contributed by atoms with E-state index in [1.807, 2.05) is 6.07 Å². The Hall–Kier alpha value is -3.47. The molecule has 1 amide bonds. The zero-order valence-electron chi connectivity index (χ0n) is 19.8. The average molecular weight is 530 g/mol. The lowest BCUT2D eigenvalue weighted by Crippen LogP contribution is -2.32. The van der Waals surface area contributed by atoms with E-state index in [4.69, 9.17) is 4.78 Å². The first-order chi connectivity index (χ1) is 17.6. The Balaban J connectivity index is 1.22.